The van der Waals surface area contributed by atoms with Gasteiger partial charge in [-0.15, -0.1) is 0 Å². The highest BCUT2D eigenvalue weighted by Crippen LogP contribution is 2.39. The zero-order valence-electron chi connectivity index (χ0n) is 28.9. The molecule has 6 N–H and O–H groups in total. The van der Waals surface area contributed by atoms with E-state index in [0.29, 0.717) is 6.42 Å². The molecule has 0 saturated carbocycles. The highest BCUT2D eigenvalue weighted by molar-refractivity contribution is 5.12. The molecule has 0 aliphatic rings. The van der Waals surface area contributed by atoms with E-state index in [4.69, 9.17) is 32.2 Å². The van der Waals surface area contributed by atoms with Gasteiger partial charge in [0.15, 0.2) is 0 Å². The summed E-state index contributed by atoms with van der Waals surface area (Å²) in [6, 6.07) is 0. The molecule has 43 heavy (non-hydrogen) atoms. The molecule has 0 aliphatic carbocycles. The SMILES string of the molecule is CC/C=C/C=C/C=C/C(CC(C)(CC(CCCCCCCCCCCCCCCCCC)ON)C(CCCC)ON)ON. The fourth-order valence-electron chi connectivity index (χ4n) is 6.13. The first-order valence-corrected chi connectivity index (χ1v) is 18.1. The van der Waals surface area contributed by atoms with E-state index >= 15 is 0 Å². The van der Waals surface area contributed by atoms with E-state index in [1.165, 1.54) is 96.3 Å². The number of nitrogens with two attached hydrogens (primary N) is 3. The molecule has 0 spiro atoms. The number of unbranched alkanes of at least 4 members (excludes halogenated alkanes) is 16. The van der Waals surface area contributed by atoms with Gasteiger partial charge in [0.1, 0.15) is 0 Å². The van der Waals surface area contributed by atoms with Gasteiger partial charge < -0.3 is 9.68 Å². The Bertz CT molecular complexity index is 669. The molecule has 0 bridgehead atoms. The van der Waals surface area contributed by atoms with Crippen LogP contribution >= 0.6 is 0 Å². The lowest BCUT2D eigenvalue weighted by Crippen LogP contribution is -2.43. The predicted octanol–water partition coefficient (Wildman–Crippen LogP) is 10.5. The normalized spacial score (nSPS) is 16.0. The van der Waals surface area contributed by atoms with Crippen molar-refractivity contribution in [3.8, 4) is 0 Å². The van der Waals surface area contributed by atoms with E-state index in [2.05, 4.69) is 33.8 Å². The molecule has 4 atom stereocenters. The van der Waals surface area contributed by atoms with Gasteiger partial charge in [-0.2, -0.15) is 0 Å². The smallest absolute Gasteiger partial charge is 0.0977 e. The number of rotatable bonds is 32. The van der Waals surface area contributed by atoms with Crippen LogP contribution in [0.5, 0.6) is 0 Å². The Kier molecular flexibility index (Phi) is 30.2. The van der Waals surface area contributed by atoms with Crippen molar-refractivity contribution in [2.45, 2.75) is 194 Å². The Morgan fingerprint density at radius 1 is 0.535 bits per heavy atom. The molecule has 0 saturated heterocycles. The lowest BCUT2D eigenvalue weighted by Gasteiger charge is -2.40. The third kappa shape index (κ3) is 24.0. The van der Waals surface area contributed by atoms with Crippen molar-refractivity contribution in [3.05, 3.63) is 36.5 Å². The maximum absolute atomic E-state index is 5.86. The monoisotopic (exact) mass is 608 g/mol. The van der Waals surface area contributed by atoms with Crippen LogP contribution < -0.4 is 17.7 Å². The van der Waals surface area contributed by atoms with Crippen LogP contribution in [0.25, 0.3) is 0 Å². The summed E-state index contributed by atoms with van der Waals surface area (Å²) in [5.41, 5.74) is -0.302. The van der Waals surface area contributed by atoms with Crippen molar-refractivity contribution in [1.29, 1.82) is 0 Å². The third-order valence-corrected chi connectivity index (χ3v) is 8.90. The van der Waals surface area contributed by atoms with Gasteiger partial charge in [0.05, 0.1) is 18.3 Å². The van der Waals surface area contributed by atoms with Gasteiger partial charge in [-0.1, -0.05) is 180 Å². The fourth-order valence-corrected chi connectivity index (χ4v) is 6.13. The summed E-state index contributed by atoms with van der Waals surface area (Å²) in [6.45, 7) is 8.79. The Morgan fingerprint density at radius 3 is 1.51 bits per heavy atom. The molecule has 0 heterocycles. The number of hydrogen-bond donors (Lipinski definition) is 3. The molecule has 0 amide bonds. The first kappa shape index (κ1) is 42.0. The summed E-state index contributed by atoms with van der Waals surface area (Å²) < 4.78 is 0. The Morgan fingerprint density at radius 2 is 1.05 bits per heavy atom. The Balaban J connectivity index is 4.56. The third-order valence-electron chi connectivity index (χ3n) is 8.90. The maximum Gasteiger partial charge on any atom is 0.0977 e. The van der Waals surface area contributed by atoms with E-state index in [1.807, 2.05) is 30.4 Å². The van der Waals surface area contributed by atoms with Crippen LogP contribution in [0.3, 0.4) is 0 Å². The zero-order chi connectivity index (χ0) is 31.9. The quantitative estimate of drug-likeness (QED) is 0.0399. The molecule has 6 heteroatoms. The molecule has 0 radical (unpaired) electrons. The van der Waals surface area contributed by atoms with Crippen LogP contribution in [0.15, 0.2) is 36.5 Å². The van der Waals surface area contributed by atoms with Crippen molar-refractivity contribution in [2.75, 3.05) is 0 Å². The topological polar surface area (TPSA) is 106 Å². The van der Waals surface area contributed by atoms with Gasteiger partial charge in [-0.3, -0.25) is 4.84 Å². The highest BCUT2D eigenvalue weighted by Gasteiger charge is 2.39. The maximum atomic E-state index is 5.86. The Labute approximate surface area is 267 Å². The van der Waals surface area contributed by atoms with Crippen LogP contribution in [-0.4, -0.2) is 18.3 Å². The van der Waals surface area contributed by atoms with Gasteiger partial charge in [0.2, 0.25) is 0 Å². The van der Waals surface area contributed by atoms with E-state index in [0.717, 1.165) is 44.9 Å². The lowest BCUT2D eigenvalue weighted by molar-refractivity contribution is -0.0941. The number of hydrogen-bond acceptors (Lipinski definition) is 6. The zero-order valence-corrected chi connectivity index (χ0v) is 28.9. The fraction of sp³-hybridized carbons (Fsp3) is 0.838. The second-order valence-corrected chi connectivity index (χ2v) is 13.0. The minimum absolute atomic E-state index is 0.0580. The van der Waals surface area contributed by atoms with E-state index in [-0.39, 0.29) is 23.7 Å². The van der Waals surface area contributed by atoms with Crippen LogP contribution in [0.4, 0.5) is 0 Å². The minimum Gasteiger partial charge on any atom is -0.301 e. The Hall–Kier alpha value is -1.02. The molecule has 0 rings (SSSR count). The molecule has 0 fully saturated rings. The first-order valence-electron chi connectivity index (χ1n) is 18.1. The molecule has 0 aromatic heterocycles. The standard InChI is InChI=1S/C37H73N3O3/c1-5-8-11-13-15-16-17-18-19-20-21-22-23-24-26-28-30-35(42-39)33-37(4,36(43-40)31-10-7-3)32-34(41-38)29-27-25-14-12-9-6-2/h9,12,14,25,27,29,34-36H,5-8,10-11,13,15-24,26,28,30-33,38-40H2,1-4H3/b12-9+,25-14+,29-27+. The highest BCUT2D eigenvalue weighted by atomic mass is 16.6. The van der Waals surface area contributed by atoms with Gasteiger partial charge in [0, 0.05) is 5.41 Å². The summed E-state index contributed by atoms with van der Waals surface area (Å²) in [6.07, 6.45) is 39.9. The second kappa shape index (κ2) is 31.0. The summed E-state index contributed by atoms with van der Waals surface area (Å²) in [4.78, 5) is 16.5. The first-order chi connectivity index (χ1) is 21.0. The molecule has 6 nitrogen and oxygen atoms in total. The molecule has 0 aromatic rings. The summed E-state index contributed by atoms with van der Waals surface area (Å²) in [7, 11) is 0. The van der Waals surface area contributed by atoms with Crippen LogP contribution in [0.1, 0.15) is 175 Å². The van der Waals surface area contributed by atoms with Crippen molar-refractivity contribution < 1.29 is 14.5 Å². The molecule has 4 unspecified atom stereocenters. The molecular weight excluding hydrogens is 534 g/mol. The van der Waals surface area contributed by atoms with Crippen LogP contribution in [-0.2, 0) is 14.5 Å². The van der Waals surface area contributed by atoms with Crippen LogP contribution in [0.2, 0.25) is 0 Å². The van der Waals surface area contributed by atoms with E-state index in [9.17, 15) is 0 Å². The van der Waals surface area contributed by atoms with E-state index in [1.54, 1.807) is 0 Å². The minimum atomic E-state index is -0.302. The predicted molar refractivity (Wildman–Crippen MR) is 186 cm³/mol. The van der Waals surface area contributed by atoms with Gasteiger partial charge >= 0.3 is 0 Å². The summed E-state index contributed by atoms with van der Waals surface area (Å²) >= 11 is 0. The van der Waals surface area contributed by atoms with Gasteiger partial charge in [-0.25, -0.2) is 17.7 Å². The van der Waals surface area contributed by atoms with Crippen molar-refractivity contribution in [3.63, 3.8) is 0 Å². The molecule has 0 aromatic carbocycles. The van der Waals surface area contributed by atoms with Crippen LogP contribution in [0, 0.1) is 5.41 Å². The molecule has 254 valence electrons. The molecule has 0 aliphatic heterocycles. The van der Waals surface area contributed by atoms with Crippen molar-refractivity contribution in [1.82, 2.24) is 0 Å². The second-order valence-electron chi connectivity index (χ2n) is 13.0. The summed E-state index contributed by atoms with van der Waals surface area (Å²) in [5.74, 6) is 17.4. The van der Waals surface area contributed by atoms with Crippen molar-refractivity contribution in [2.24, 2.45) is 23.1 Å². The van der Waals surface area contributed by atoms with Gasteiger partial charge in [0.25, 0.3) is 0 Å². The largest absolute Gasteiger partial charge is 0.301 e. The van der Waals surface area contributed by atoms with E-state index < -0.39 is 0 Å². The average Bonchev–Trinajstić information content (AvgIpc) is 3.01. The van der Waals surface area contributed by atoms with Gasteiger partial charge in [-0.05, 0) is 32.1 Å². The summed E-state index contributed by atoms with van der Waals surface area (Å²) in [5, 5.41) is 0. The van der Waals surface area contributed by atoms with Crippen molar-refractivity contribution >= 4 is 0 Å². The number of allylic oxidation sites excluding steroid dienone is 5. The lowest BCUT2D eigenvalue weighted by atomic mass is 9.72. The average molecular weight is 608 g/mol. The molecular formula is C37H73N3O3.